The lowest BCUT2D eigenvalue weighted by Gasteiger charge is -2.04. The number of nitrogens with zero attached hydrogens (tertiary/aromatic N) is 3. The van der Waals surface area contributed by atoms with Gasteiger partial charge in [-0.05, 0) is 19.1 Å². The summed E-state index contributed by atoms with van der Waals surface area (Å²) in [5.74, 6) is -0.140. The average molecular weight is 241 g/mol. The molecule has 0 fully saturated rings. The monoisotopic (exact) mass is 241 g/mol. The lowest BCUT2D eigenvalue weighted by Crippen LogP contribution is -2.10. The minimum absolute atomic E-state index is 0.283. The van der Waals surface area contributed by atoms with Crippen molar-refractivity contribution in [3.05, 3.63) is 42.5 Å². The van der Waals surface area contributed by atoms with E-state index in [2.05, 4.69) is 9.97 Å². The average Bonchev–Trinajstić information content (AvgIpc) is 2.83. The number of esters is 1. The molecule has 0 saturated heterocycles. The third-order valence-electron chi connectivity index (χ3n) is 2.71. The normalized spacial score (nSPS) is 10.9. The molecule has 0 amide bonds. The molecule has 90 valence electrons. The highest BCUT2D eigenvalue weighted by Crippen LogP contribution is 2.16. The van der Waals surface area contributed by atoms with Crippen LogP contribution in [-0.4, -0.2) is 26.9 Å². The fourth-order valence-corrected chi connectivity index (χ4v) is 1.95. The van der Waals surface area contributed by atoms with Crippen molar-refractivity contribution in [1.29, 1.82) is 0 Å². The molecule has 3 rings (SSSR count). The van der Waals surface area contributed by atoms with Crippen molar-refractivity contribution in [3.63, 3.8) is 0 Å². The molecule has 0 saturated carbocycles. The maximum atomic E-state index is 11.8. The molecule has 3 aromatic rings. The van der Waals surface area contributed by atoms with Crippen LogP contribution < -0.4 is 0 Å². The van der Waals surface area contributed by atoms with E-state index < -0.39 is 5.97 Å². The molecule has 1 aromatic carbocycles. The summed E-state index contributed by atoms with van der Waals surface area (Å²) < 4.78 is 6.76. The standard InChI is InChI=1S/C13H11N3O2/c1-2-18-13(17)12-15-8-9-7-14-10-5-3-4-6-11(10)16(9)12/h3-8H,2H2,1H3. The fraction of sp³-hybridized carbons (Fsp3) is 0.154. The summed E-state index contributed by atoms with van der Waals surface area (Å²) in [4.78, 5) is 20.3. The van der Waals surface area contributed by atoms with Gasteiger partial charge in [0.2, 0.25) is 5.82 Å². The summed E-state index contributed by atoms with van der Waals surface area (Å²) in [6, 6.07) is 7.60. The summed E-state index contributed by atoms with van der Waals surface area (Å²) in [5.41, 5.74) is 2.43. The molecule has 0 aliphatic carbocycles. The van der Waals surface area contributed by atoms with E-state index in [1.807, 2.05) is 24.3 Å². The van der Waals surface area contributed by atoms with E-state index in [1.54, 1.807) is 23.7 Å². The van der Waals surface area contributed by atoms with E-state index in [-0.39, 0.29) is 5.82 Å². The number of carbonyl (C=O) groups excluding carboxylic acids is 1. The number of imidazole rings is 1. The zero-order valence-electron chi connectivity index (χ0n) is 9.83. The van der Waals surface area contributed by atoms with Gasteiger partial charge in [-0.2, -0.15) is 0 Å². The molecule has 5 nitrogen and oxygen atoms in total. The SMILES string of the molecule is CCOC(=O)c1ncc2cnc3ccccc3n12. The number of hydrogen-bond acceptors (Lipinski definition) is 4. The molecule has 0 atom stereocenters. The van der Waals surface area contributed by atoms with Gasteiger partial charge in [0.25, 0.3) is 0 Å². The first kappa shape index (κ1) is 10.7. The van der Waals surface area contributed by atoms with Crippen molar-refractivity contribution in [2.24, 2.45) is 0 Å². The Kier molecular flexibility index (Phi) is 2.44. The molecule has 0 aliphatic rings. The molecule has 0 spiro atoms. The summed E-state index contributed by atoms with van der Waals surface area (Å²) in [5, 5.41) is 0. The Hall–Kier alpha value is -2.43. The first-order valence-electron chi connectivity index (χ1n) is 5.69. The Morgan fingerprint density at radius 3 is 2.89 bits per heavy atom. The van der Waals surface area contributed by atoms with Crippen molar-refractivity contribution in [3.8, 4) is 0 Å². The van der Waals surface area contributed by atoms with Gasteiger partial charge in [-0.15, -0.1) is 0 Å². The van der Waals surface area contributed by atoms with Gasteiger partial charge >= 0.3 is 5.97 Å². The van der Waals surface area contributed by atoms with Crippen LogP contribution in [0.25, 0.3) is 16.6 Å². The van der Waals surface area contributed by atoms with Crippen molar-refractivity contribution in [2.45, 2.75) is 6.92 Å². The number of ether oxygens (including phenoxy) is 1. The zero-order valence-corrected chi connectivity index (χ0v) is 9.83. The summed E-state index contributed by atoms with van der Waals surface area (Å²) in [6.45, 7) is 2.10. The maximum Gasteiger partial charge on any atom is 0.374 e. The molecule has 2 heterocycles. The van der Waals surface area contributed by atoms with Crippen LogP contribution in [0.5, 0.6) is 0 Å². The Balaban J connectivity index is 2.33. The van der Waals surface area contributed by atoms with Crippen molar-refractivity contribution < 1.29 is 9.53 Å². The number of benzene rings is 1. The van der Waals surface area contributed by atoms with Crippen LogP contribution in [-0.2, 0) is 4.74 Å². The Bertz CT molecular complexity index is 733. The molecule has 0 unspecified atom stereocenters. The van der Waals surface area contributed by atoms with Crippen LogP contribution in [0.3, 0.4) is 0 Å². The van der Waals surface area contributed by atoms with E-state index in [9.17, 15) is 4.79 Å². The largest absolute Gasteiger partial charge is 0.460 e. The predicted octanol–water partition coefficient (Wildman–Crippen LogP) is 2.06. The third kappa shape index (κ3) is 1.52. The smallest absolute Gasteiger partial charge is 0.374 e. The van der Waals surface area contributed by atoms with E-state index in [4.69, 9.17) is 4.74 Å². The first-order chi connectivity index (χ1) is 8.81. The number of carbonyl (C=O) groups is 1. The topological polar surface area (TPSA) is 56.5 Å². The Morgan fingerprint density at radius 1 is 1.28 bits per heavy atom. The van der Waals surface area contributed by atoms with Gasteiger partial charge in [0.15, 0.2) is 0 Å². The summed E-state index contributed by atoms with van der Waals surface area (Å²) in [6.07, 6.45) is 3.31. The predicted molar refractivity (Wildman–Crippen MR) is 66.4 cm³/mol. The molecule has 5 heteroatoms. The van der Waals surface area contributed by atoms with E-state index in [0.29, 0.717) is 6.61 Å². The van der Waals surface area contributed by atoms with Crippen LogP contribution >= 0.6 is 0 Å². The van der Waals surface area contributed by atoms with Crippen molar-refractivity contribution in [1.82, 2.24) is 14.4 Å². The zero-order chi connectivity index (χ0) is 12.5. The highest BCUT2D eigenvalue weighted by atomic mass is 16.5. The van der Waals surface area contributed by atoms with Crippen molar-refractivity contribution >= 4 is 22.5 Å². The Labute approximate surface area is 103 Å². The second kappa shape index (κ2) is 4.10. The van der Waals surface area contributed by atoms with Crippen LogP contribution in [0, 0.1) is 0 Å². The third-order valence-corrected chi connectivity index (χ3v) is 2.71. The highest BCUT2D eigenvalue weighted by molar-refractivity contribution is 5.90. The van der Waals surface area contributed by atoms with Gasteiger partial charge in [-0.3, -0.25) is 9.38 Å². The molecular weight excluding hydrogens is 230 g/mol. The minimum Gasteiger partial charge on any atom is -0.460 e. The summed E-state index contributed by atoms with van der Waals surface area (Å²) in [7, 11) is 0. The first-order valence-corrected chi connectivity index (χ1v) is 5.69. The van der Waals surface area contributed by atoms with Gasteiger partial charge in [0.1, 0.15) is 0 Å². The van der Waals surface area contributed by atoms with Gasteiger partial charge in [-0.1, -0.05) is 12.1 Å². The molecule has 0 aliphatic heterocycles. The number of hydrogen-bond donors (Lipinski definition) is 0. The van der Waals surface area contributed by atoms with Crippen LogP contribution in [0.15, 0.2) is 36.7 Å². The quantitative estimate of drug-likeness (QED) is 0.644. The summed E-state index contributed by atoms with van der Waals surface area (Å²) >= 11 is 0. The maximum absolute atomic E-state index is 11.8. The van der Waals surface area contributed by atoms with Gasteiger partial charge in [-0.25, -0.2) is 9.78 Å². The molecule has 18 heavy (non-hydrogen) atoms. The van der Waals surface area contributed by atoms with Gasteiger partial charge in [0, 0.05) is 0 Å². The second-order valence-corrected chi connectivity index (χ2v) is 3.81. The minimum atomic E-state index is -0.422. The lowest BCUT2D eigenvalue weighted by atomic mass is 10.3. The van der Waals surface area contributed by atoms with Crippen LogP contribution in [0.1, 0.15) is 17.5 Å². The van der Waals surface area contributed by atoms with Crippen LogP contribution in [0.4, 0.5) is 0 Å². The molecule has 0 N–H and O–H groups in total. The lowest BCUT2D eigenvalue weighted by molar-refractivity contribution is 0.0512. The van der Waals surface area contributed by atoms with Gasteiger partial charge < -0.3 is 4.74 Å². The van der Waals surface area contributed by atoms with Crippen LogP contribution in [0.2, 0.25) is 0 Å². The number of fused-ring (bicyclic) bond motifs is 3. The second-order valence-electron chi connectivity index (χ2n) is 3.81. The fourth-order valence-electron chi connectivity index (χ4n) is 1.95. The van der Waals surface area contributed by atoms with E-state index in [1.165, 1.54) is 0 Å². The van der Waals surface area contributed by atoms with E-state index in [0.717, 1.165) is 16.6 Å². The van der Waals surface area contributed by atoms with Crippen molar-refractivity contribution in [2.75, 3.05) is 6.61 Å². The number of aromatic nitrogens is 3. The van der Waals surface area contributed by atoms with Gasteiger partial charge in [0.05, 0.1) is 35.6 Å². The molecule has 0 radical (unpaired) electrons. The highest BCUT2D eigenvalue weighted by Gasteiger charge is 2.15. The number of rotatable bonds is 2. The molecule has 2 aromatic heterocycles. The number of para-hydroxylation sites is 2. The van der Waals surface area contributed by atoms with E-state index >= 15 is 0 Å². The molecular formula is C13H11N3O2. The Morgan fingerprint density at radius 2 is 2.06 bits per heavy atom. The molecule has 0 bridgehead atoms.